The lowest BCUT2D eigenvalue weighted by molar-refractivity contribution is 0.0515. The van der Waals surface area contributed by atoms with Crippen molar-refractivity contribution in [2.24, 2.45) is 0 Å². The van der Waals surface area contributed by atoms with Crippen LogP contribution in [0.5, 0.6) is 11.5 Å². The van der Waals surface area contributed by atoms with E-state index < -0.39 is 0 Å². The van der Waals surface area contributed by atoms with Gasteiger partial charge >= 0.3 is 11.9 Å². The fourth-order valence-electron chi connectivity index (χ4n) is 2.42. The zero-order valence-corrected chi connectivity index (χ0v) is 19.0. The van der Waals surface area contributed by atoms with E-state index in [1.165, 1.54) is 0 Å². The van der Waals surface area contributed by atoms with Crippen LogP contribution in [0.4, 0.5) is 0 Å². The van der Waals surface area contributed by atoms with Gasteiger partial charge in [-0.1, -0.05) is 15.9 Å². The van der Waals surface area contributed by atoms with Gasteiger partial charge in [0.25, 0.3) is 0 Å². The van der Waals surface area contributed by atoms with Crippen LogP contribution in [0.25, 0.3) is 0 Å². The summed E-state index contributed by atoms with van der Waals surface area (Å²) in [5.74, 6) is 0.898. The molecule has 2 aromatic carbocycles. The van der Waals surface area contributed by atoms with Crippen molar-refractivity contribution in [2.75, 3.05) is 27.4 Å². The number of carbonyl (C=O) groups is 2. The second kappa shape index (κ2) is 12.8. The van der Waals surface area contributed by atoms with E-state index in [1.807, 2.05) is 19.1 Å². The molecule has 158 valence electrons. The third-order valence-corrected chi connectivity index (χ3v) is 4.48. The molecule has 0 heterocycles. The fraction of sp³-hybridized carbons (Fsp3) is 0.364. The summed E-state index contributed by atoms with van der Waals surface area (Å²) < 4.78 is 20.0. The van der Waals surface area contributed by atoms with E-state index in [2.05, 4.69) is 15.9 Å². The summed E-state index contributed by atoms with van der Waals surface area (Å²) in [7, 11) is 3.19. The Labute approximate surface area is 180 Å². The number of carbonyl (C=O) groups excluding carboxylic acids is 2. The second-order valence-electron chi connectivity index (χ2n) is 5.78. The molecule has 7 heteroatoms. The van der Waals surface area contributed by atoms with Crippen molar-refractivity contribution in [3.8, 4) is 11.5 Å². The lowest BCUT2D eigenvalue weighted by Gasteiger charge is -2.08. The summed E-state index contributed by atoms with van der Waals surface area (Å²) in [6.07, 6.45) is 0. The zero-order chi connectivity index (χ0) is 21.8. The number of esters is 2. The molecule has 0 saturated carbocycles. The highest BCUT2D eigenvalue weighted by Gasteiger charge is 2.12. The summed E-state index contributed by atoms with van der Waals surface area (Å²) in [5.41, 5.74) is 2.90. The Hall–Kier alpha value is -2.54. The van der Waals surface area contributed by atoms with Crippen LogP contribution in [-0.4, -0.2) is 39.4 Å². The first kappa shape index (κ1) is 24.5. The molecule has 6 nitrogen and oxygen atoms in total. The molecule has 29 heavy (non-hydrogen) atoms. The van der Waals surface area contributed by atoms with Crippen molar-refractivity contribution in [1.82, 2.24) is 0 Å². The largest absolute Gasteiger partial charge is 0.497 e. The van der Waals surface area contributed by atoms with Crippen molar-refractivity contribution in [3.05, 3.63) is 58.7 Å². The molecule has 2 rings (SSSR count). The van der Waals surface area contributed by atoms with Gasteiger partial charge < -0.3 is 18.9 Å². The van der Waals surface area contributed by atoms with Crippen molar-refractivity contribution >= 4 is 27.9 Å². The van der Waals surface area contributed by atoms with E-state index in [0.717, 1.165) is 22.6 Å². The maximum atomic E-state index is 11.5. The second-order valence-corrected chi connectivity index (χ2v) is 6.34. The highest BCUT2D eigenvalue weighted by molar-refractivity contribution is 9.08. The van der Waals surface area contributed by atoms with Gasteiger partial charge in [0.15, 0.2) is 0 Å². The van der Waals surface area contributed by atoms with Gasteiger partial charge in [-0.25, -0.2) is 9.59 Å². The molecule has 0 aliphatic rings. The predicted octanol–water partition coefficient (Wildman–Crippen LogP) is 4.95. The maximum absolute atomic E-state index is 11.5. The maximum Gasteiger partial charge on any atom is 0.338 e. The van der Waals surface area contributed by atoms with E-state index in [0.29, 0.717) is 29.7 Å². The van der Waals surface area contributed by atoms with E-state index >= 15 is 0 Å². The van der Waals surface area contributed by atoms with Crippen LogP contribution in [0.1, 0.15) is 45.7 Å². The third-order valence-electron chi connectivity index (χ3n) is 3.88. The van der Waals surface area contributed by atoms with Crippen LogP contribution in [0.2, 0.25) is 0 Å². The van der Waals surface area contributed by atoms with Crippen molar-refractivity contribution < 1.29 is 28.5 Å². The predicted molar refractivity (Wildman–Crippen MR) is 115 cm³/mol. The Bertz CT molecular complexity index is 819. The Morgan fingerprint density at radius 3 is 1.76 bits per heavy atom. The number of hydrogen-bond acceptors (Lipinski definition) is 6. The molecule has 0 unspecified atom stereocenters. The zero-order valence-electron chi connectivity index (χ0n) is 17.4. The minimum Gasteiger partial charge on any atom is -0.497 e. The minimum atomic E-state index is -0.297. The van der Waals surface area contributed by atoms with E-state index in [-0.39, 0.29) is 11.9 Å². The third kappa shape index (κ3) is 7.42. The Morgan fingerprint density at radius 1 is 0.828 bits per heavy atom. The van der Waals surface area contributed by atoms with Crippen molar-refractivity contribution in [2.45, 2.75) is 26.1 Å². The van der Waals surface area contributed by atoms with Gasteiger partial charge in [-0.15, -0.1) is 0 Å². The lowest BCUT2D eigenvalue weighted by Crippen LogP contribution is -2.07. The SMILES string of the molecule is CCOC(=O)c1ccc(OC)cc1C.CCOC(=O)c1ccc(OC)cc1CBr. The van der Waals surface area contributed by atoms with Crippen molar-refractivity contribution in [3.63, 3.8) is 0 Å². The minimum absolute atomic E-state index is 0.285. The standard InChI is InChI=1S/C11H13BrO3.C11H14O3/c1-3-15-11(13)10-5-4-9(14-2)6-8(10)7-12;1-4-14-11(12)10-6-5-9(13-3)7-8(10)2/h4-6H,3,7H2,1-2H3;5-7H,4H2,1-3H3. The summed E-state index contributed by atoms with van der Waals surface area (Å²) in [4.78, 5) is 22.9. The van der Waals surface area contributed by atoms with Gasteiger partial charge in [0, 0.05) is 5.33 Å². The quantitative estimate of drug-likeness (QED) is 0.424. The summed E-state index contributed by atoms with van der Waals surface area (Å²) in [6.45, 7) is 6.21. The Morgan fingerprint density at radius 2 is 1.31 bits per heavy atom. The number of rotatable bonds is 7. The van der Waals surface area contributed by atoms with Gasteiger partial charge in [0.1, 0.15) is 11.5 Å². The molecule has 0 radical (unpaired) electrons. The van der Waals surface area contributed by atoms with Gasteiger partial charge in [0.2, 0.25) is 0 Å². The lowest BCUT2D eigenvalue weighted by atomic mass is 10.1. The number of ether oxygens (including phenoxy) is 4. The highest BCUT2D eigenvalue weighted by atomic mass is 79.9. The molecule has 0 aromatic heterocycles. The molecule has 0 amide bonds. The first-order valence-electron chi connectivity index (χ1n) is 9.13. The van der Waals surface area contributed by atoms with Crippen LogP contribution >= 0.6 is 15.9 Å². The van der Waals surface area contributed by atoms with Crippen LogP contribution in [0, 0.1) is 6.92 Å². The van der Waals surface area contributed by atoms with E-state index in [4.69, 9.17) is 18.9 Å². The summed E-state index contributed by atoms with van der Waals surface area (Å²) in [5, 5.41) is 0.596. The first-order chi connectivity index (χ1) is 13.9. The smallest absolute Gasteiger partial charge is 0.338 e. The summed E-state index contributed by atoms with van der Waals surface area (Å²) >= 11 is 3.33. The van der Waals surface area contributed by atoms with Crippen LogP contribution in [0.15, 0.2) is 36.4 Å². The normalized spacial score (nSPS) is 9.72. The topological polar surface area (TPSA) is 71.1 Å². The number of methoxy groups -OCH3 is 2. The average molecular weight is 467 g/mol. The number of alkyl halides is 1. The molecule has 0 fully saturated rings. The van der Waals surface area contributed by atoms with Crippen molar-refractivity contribution in [1.29, 1.82) is 0 Å². The molecule has 0 N–H and O–H groups in total. The molecular weight excluding hydrogens is 440 g/mol. The van der Waals surface area contributed by atoms with E-state index in [1.54, 1.807) is 52.3 Å². The number of benzene rings is 2. The molecule has 0 spiro atoms. The van der Waals surface area contributed by atoms with Crippen LogP contribution in [0.3, 0.4) is 0 Å². The number of hydrogen-bond donors (Lipinski definition) is 0. The van der Waals surface area contributed by atoms with Gasteiger partial charge in [0.05, 0.1) is 38.6 Å². The molecule has 0 bridgehead atoms. The van der Waals surface area contributed by atoms with Gasteiger partial charge in [-0.05, 0) is 68.3 Å². The molecule has 0 aliphatic heterocycles. The summed E-state index contributed by atoms with van der Waals surface area (Å²) in [6, 6.07) is 10.6. The Balaban J connectivity index is 0.000000291. The first-order valence-corrected chi connectivity index (χ1v) is 10.3. The average Bonchev–Trinajstić information content (AvgIpc) is 2.73. The molecular formula is C22H27BrO6. The van der Waals surface area contributed by atoms with Crippen LogP contribution in [-0.2, 0) is 14.8 Å². The van der Waals surface area contributed by atoms with Gasteiger partial charge in [-0.3, -0.25) is 0 Å². The van der Waals surface area contributed by atoms with Gasteiger partial charge in [-0.2, -0.15) is 0 Å². The number of halogens is 1. The highest BCUT2D eigenvalue weighted by Crippen LogP contribution is 2.21. The molecule has 0 atom stereocenters. The number of aryl methyl sites for hydroxylation is 1. The Kier molecular flexibility index (Phi) is 10.8. The fourth-order valence-corrected chi connectivity index (χ4v) is 2.88. The van der Waals surface area contributed by atoms with E-state index in [9.17, 15) is 9.59 Å². The molecule has 2 aromatic rings. The van der Waals surface area contributed by atoms with Crippen LogP contribution < -0.4 is 9.47 Å². The molecule has 0 saturated heterocycles. The molecule has 0 aliphatic carbocycles. The monoisotopic (exact) mass is 466 g/mol.